The van der Waals surface area contributed by atoms with Crippen LogP contribution in [0.15, 0.2) is 59.5 Å². The predicted octanol–water partition coefficient (Wildman–Crippen LogP) is 3.98. The van der Waals surface area contributed by atoms with Crippen molar-refractivity contribution in [1.29, 1.82) is 0 Å². The van der Waals surface area contributed by atoms with Gasteiger partial charge in [-0.3, -0.25) is 0 Å². The van der Waals surface area contributed by atoms with Crippen molar-refractivity contribution in [1.82, 2.24) is 9.62 Å². The standard InChI is InChI=1S/C20H28N2O2S/c1-15(2)20(18-9-7-6-8-10-18)21-16(3)17-11-13-19(14-12-17)25(23,24)22(4)5/h6-16,20-21H,1-5H3/t16-,20+/m1/s1. The van der Waals surface area contributed by atoms with Crippen LogP contribution in [-0.4, -0.2) is 26.8 Å². The summed E-state index contributed by atoms with van der Waals surface area (Å²) in [6.07, 6.45) is 0. The summed E-state index contributed by atoms with van der Waals surface area (Å²) in [6, 6.07) is 17.9. The summed E-state index contributed by atoms with van der Waals surface area (Å²) >= 11 is 0. The Balaban J connectivity index is 2.18. The molecule has 0 spiro atoms. The number of sulfonamides is 1. The molecule has 0 amide bonds. The molecule has 2 atom stereocenters. The van der Waals surface area contributed by atoms with Gasteiger partial charge in [0.05, 0.1) is 4.90 Å². The van der Waals surface area contributed by atoms with Gasteiger partial charge < -0.3 is 5.32 Å². The van der Waals surface area contributed by atoms with Crippen LogP contribution in [0.5, 0.6) is 0 Å². The van der Waals surface area contributed by atoms with E-state index in [1.807, 2.05) is 18.2 Å². The molecule has 2 rings (SSSR count). The first-order chi connectivity index (χ1) is 11.7. The Labute approximate surface area is 151 Å². The zero-order valence-corrected chi connectivity index (χ0v) is 16.4. The minimum absolute atomic E-state index is 0.115. The quantitative estimate of drug-likeness (QED) is 0.812. The highest BCUT2D eigenvalue weighted by molar-refractivity contribution is 7.89. The van der Waals surface area contributed by atoms with Crippen molar-refractivity contribution >= 4 is 10.0 Å². The molecule has 4 nitrogen and oxygen atoms in total. The molecule has 0 saturated carbocycles. The zero-order chi connectivity index (χ0) is 18.6. The smallest absolute Gasteiger partial charge is 0.242 e. The summed E-state index contributed by atoms with van der Waals surface area (Å²) in [5.74, 6) is 0.443. The molecule has 0 aliphatic rings. The lowest BCUT2D eigenvalue weighted by Crippen LogP contribution is -2.28. The Bertz CT molecular complexity index is 769. The maximum Gasteiger partial charge on any atom is 0.242 e. The van der Waals surface area contributed by atoms with Crippen molar-refractivity contribution in [3.05, 3.63) is 65.7 Å². The van der Waals surface area contributed by atoms with Gasteiger partial charge in [0.25, 0.3) is 0 Å². The molecule has 0 aromatic heterocycles. The molecule has 25 heavy (non-hydrogen) atoms. The van der Waals surface area contributed by atoms with E-state index < -0.39 is 10.0 Å². The lowest BCUT2D eigenvalue weighted by Gasteiger charge is -2.27. The normalized spacial score (nSPS) is 14.7. The van der Waals surface area contributed by atoms with Crippen molar-refractivity contribution < 1.29 is 8.42 Å². The molecular formula is C20H28N2O2S. The number of rotatable bonds is 7. The van der Waals surface area contributed by atoms with Crippen molar-refractivity contribution in [2.75, 3.05) is 14.1 Å². The summed E-state index contributed by atoms with van der Waals surface area (Å²) in [7, 11) is -0.302. The van der Waals surface area contributed by atoms with E-state index in [0.717, 1.165) is 5.56 Å². The highest BCUT2D eigenvalue weighted by atomic mass is 32.2. The molecule has 0 radical (unpaired) electrons. The first kappa shape index (κ1) is 19.6. The van der Waals surface area contributed by atoms with Crippen LogP contribution in [0.4, 0.5) is 0 Å². The second-order valence-electron chi connectivity index (χ2n) is 6.88. The Morgan fingerprint density at radius 1 is 0.840 bits per heavy atom. The monoisotopic (exact) mass is 360 g/mol. The van der Waals surface area contributed by atoms with Crippen LogP contribution in [-0.2, 0) is 10.0 Å². The third-order valence-electron chi connectivity index (χ3n) is 4.41. The summed E-state index contributed by atoms with van der Waals surface area (Å²) in [4.78, 5) is 0.317. The van der Waals surface area contributed by atoms with Crippen molar-refractivity contribution in [2.45, 2.75) is 37.8 Å². The highest BCUT2D eigenvalue weighted by Crippen LogP contribution is 2.26. The molecule has 0 aliphatic heterocycles. The summed E-state index contributed by atoms with van der Waals surface area (Å²) < 4.78 is 25.6. The minimum atomic E-state index is -3.39. The SMILES string of the molecule is CC(C)[C@H](N[C@H](C)c1ccc(S(=O)(=O)N(C)C)cc1)c1ccccc1. The van der Waals surface area contributed by atoms with Crippen LogP contribution in [0.25, 0.3) is 0 Å². The molecule has 0 fully saturated rings. The van der Waals surface area contributed by atoms with Crippen LogP contribution in [0.1, 0.15) is 44.0 Å². The van der Waals surface area contributed by atoms with Crippen LogP contribution >= 0.6 is 0 Å². The first-order valence-corrected chi connectivity index (χ1v) is 10.0. The van der Waals surface area contributed by atoms with Crippen LogP contribution in [0.2, 0.25) is 0 Å². The molecule has 0 unspecified atom stereocenters. The fourth-order valence-corrected chi connectivity index (χ4v) is 3.74. The van der Waals surface area contributed by atoms with Gasteiger partial charge in [0.1, 0.15) is 0 Å². The molecule has 1 N–H and O–H groups in total. The van der Waals surface area contributed by atoms with Crippen LogP contribution < -0.4 is 5.32 Å². The maximum atomic E-state index is 12.2. The van der Waals surface area contributed by atoms with Crippen molar-refractivity contribution in [3.8, 4) is 0 Å². The molecular weight excluding hydrogens is 332 g/mol. The van der Waals surface area contributed by atoms with E-state index >= 15 is 0 Å². The summed E-state index contributed by atoms with van der Waals surface area (Å²) in [5, 5.41) is 3.67. The number of nitrogens with zero attached hydrogens (tertiary/aromatic N) is 1. The van der Waals surface area contributed by atoms with E-state index in [9.17, 15) is 8.42 Å². The molecule has 0 aliphatic carbocycles. The number of hydrogen-bond donors (Lipinski definition) is 1. The minimum Gasteiger partial charge on any atom is -0.303 e. The maximum absolute atomic E-state index is 12.2. The number of nitrogens with one attached hydrogen (secondary N) is 1. The van der Waals surface area contributed by atoms with Crippen LogP contribution in [0, 0.1) is 5.92 Å². The molecule has 136 valence electrons. The molecule has 0 saturated heterocycles. The number of hydrogen-bond acceptors (Lipinski definition) is 3. The van der Waals surface area contributed by atoms with Gasteiger partial charge in [0.2, 0.25) is 10.0 Å². The average Bonchev–Trinajstić information content (AvgIpc) is 2.59. The first-order valence-electron chi connectivity index (χ1n) is 8.57. The Morgan fingerprint density at radius 3 is 1.88 bits per heavy atom. The Kier molecular flexibility index (Phi) is 6.38. The van der Waals surface area contributed by atoms with E-state index in [2.05, 4.69) is 50.4 Å². The van der Waals surface area contributed by atoms with Gasteiger partial charge in [0, 0.05) is 26.2 Å². The third-order valence-corrected chi connectivity index (χ3v) is 6.24. The van der Waals surface area contributed by atoms with E-state index in [1.54, 1.807) is 26.2 Å². The van der Waals surface area contributed by atoms with Gasteiger partial charge in [-0.15, -0.1) is 0 Å². The molecule has 2 aromatic carbocycles. The topological polar surface area (TPSA) is 49.4 Å². The fraction of sp³-hybridized carbons (Fsp3) is 0.400. The van der Waals surface area contributed by atoms with E-state index in [0.29, 0.717) is 10.8 Å². The van der Waals surface area contributed by atoms with Gasteiger partial charge in [-0.05, 0) is 36.1 Å². The molecule has 5 heteroatoms. The Hall–Kier alpha value is -1.69. The average molecular weight is 361 g/mol. The summed E-state index contributed by atoms with van der Waals surface area (Å²) in [5.41, 5.74) is 2.33. The molecule has 0 bridgehead atoms. The summed E-state index contributed by atoms with van der Waals surface area (Å²) in [6.45, 7) is 6.50. The van der Waals surface area contributed by atoms with Gasteiger partial charge in [-0.25, -0.2) is 12.7 Å². The second-order valence-corrected chi connectivity index (χ2v) is 9.03. The highest BCUT2D eigenvalue weighted by Gasteiger charge is 2.20. The van der Waals surface area contributed by atoms with Crippen molar-refractivity contribution in [3.63, 3.8) is 0 Å². The largest absolute Gasteiger partial charge is 0.303 e. The van der Waals surface area contributed by atoms with Crippen LogP contribution in [0.3, 0.4) is 0 Å². The number of benzene rings is 2. The second kappa shape index (κ2) is 8.13. The molecule has 0 heterocycles. The Morgan fingerprint density at radius 2 is 1.40 bits per heavy atom. The van der Waals surface area contributed by atoms with E-state index in [4.69, 9.17) is 0 Å². The lowest BCUT2D eigenvalue weighted by atomic mass is 9.94. The lowest BCUT2D eigenvalue weighted by molar-refractivity contribution is 0.374. The predicted molar refractivity (Wildman–Crippen MR) is 103 cm³/mol. The van der Waals surface area contributed by atoms with E-state index in [-0.39, 0.29) is 12.1 Å². The fourth-order valence-electron chi connectivity index (χ4n) is 2.84. The van der Waals surface area contributed by atoms with Gasteiger partial charge in [0.15, 0.2) is 0 Å². The zero-order valence-electron chi connectivity index (χ0n) is 15.6. The third kappa shape index (κ3) is 4.69. The van der Waals surface area contributed by atoms with Gasteiger partial charge in [-0.1, -0.05) is 56.3 Å². The van der Waals surface area contributed by atoms with Gasteiger partial charge in [-0.2, -0.15) is 0 Å². The van der Waals surface area contributed by atoms with Crippen molar-refractivity contribution in [2.24, 2.45) is 5.92 Å². The van der Waals surface area contributed by atoms with E-state index in [1.165, 1.54) is 9.87 Å². The molecule has 2 aromatic rings. The van der Waals surface area contributed by atoms with Gasteiger partial charge >= 0.3 is 0 Å².